The molecule has 6 heteroatoms. The molecule has 3 rings (SSSR count). The molecule has 1 atom stereocenters. The smallest absolute Gasteiger partial charge is 0.254 e. The molecular weight excluding hydrogens is 346 g/mol. The van der Waals surface area contributed by atoms with Crippen LogP contribution in [0.2, 0.25) is 0 Å². The monoisotopic (exact) mass is 373 g/mol. The van der Waals surface area contributed by atoms with Crippen molar-refractivity contribution in [1.82, 2.24) is 5.32 Å². The topological polar surface area (TPSA) is 61.8 Å². The van der Waals surface area contributed by atoms with Crippen molar-refractivity contribution in [2.24, 2.45) is 4.99 Å². The molecule has 1 aromatic carbocycles. The van der Waals surface area contributed by atoms with E-state index in [1.807, 2.05) is 38.1 Å². The molecule has 0 bridgehead atoms. The number of anilines is 1. The predicted molar refractivity (Wildman–Crippen MR) is 108 cm³/mol. The predicted octanol–water partition coefficient (Wildman–Crippen LogP) is 3.66. The Kier molecular flexibility index (Phi) is 6.35. The van der Waals surface area contributed by atoms with E-state index in [4.69, 9.17) is 0 Å². The number of carbonyl (C=O) groups is 2. The van der Waals surface area contributed by atoms with Crippen molar-refractivity contribution in [3.63, 3.8) is 0 Å². The summed E-state index contributed by atoms with van der Waals surface area (Å²) in [5.74, 6) is -0.0134. The van der Waals surface area contributed by atoms with Crippen molar-refractivity contribution < 1.29 is 9.59 Å². The third-order valence-corrected chi connectivity index (χ3v) is 6.03. The Morgan fingerprint density at radius 2 is 1.85 bits per heavy atom. The Hall–Kier alpha value is -1.82. The zero-order chi connectivity index (χ0) is 18.5. The third kappa shape index (κ3) is 4.67. The van der Waals surface area contributed by atoms with Crippen molar-refractivity contribution in [2.75, 3.05) is 11.4 Å². The number of hydrogen-bond donors (Lipinski definition) is 1. The summed E-state index contributed by atoms with van der Waals surface area (Å²) < 4.78 is 0. The number of rotatable bonds is 4. The number of nitrogens with zero attached hydrogens (tertiary/aromatic N) is 2. The summed E-state index contributed by atoms with van der Waals surface area (Å²) in [6.07, 6.45) is 7.04. The number of benzene rings is 1. The fraction of sp³-hybridized carbons (Fsp3) is 0.550. The molecule has 1 N–H and O–H groups in total. The summed E-state index contributed by atoms with van der Waals surface area (Å²) in [5.41, 5.74) is 1.95. The average molecular weight is 374 g/mol. The number of amidine groups is 1. The molecule has 0 spiro atoms. The van der Waals surface area contributed by atoms with Crippen LogP contribution in [-0.4, -0.2) is 34.8 Å². The van der Waals surface area contributed by atoms with E-state index in [1.54, 1.807) is 4.90 Å². The lowest BCUT2D eigenvalue weighted by Gasteiger charge is -2.22. The Morgan fingerprint density at radius 3 is 2.50 bits per heavy atom. The fourth-order valence-electron chi connectivity index (χ4n) is 3.38. The molecule has 2 aliphatic rings. The minimum absolute atomic E-state index is 0.0350. The second-order valence-electron chi connectivity index (χ2n) is 7.12. The largest absolute Gasteiger partial charge is 0.352 e. The van der Waals surface area contributed by atoms with Gasteiger partial charge in [0.15, 0.2) is 5.17 Å². The number of aryl methyl sites for hydroxylation is 1. The van der Waals surface area contributed by atoms with Gasteiger partial charge in [0.25, 0.3) is 5.91 Å². The van der Waals surface area contributed by atoms with Gasteiger partial charge in [-0.3, -0.25) is 19.5 Å². The number of hydrogen-bond acceptors (Lipinski definition) is 4. The van der Waals surface area contributed by atoms with E-state index in [9.17, 15) is 9.59 Å². The van der Waals surface area contributed by atoms with E-state index in [0.717, 1.165) is 24.1 Å². The maximum Gasteiger partial charge on any atom is 0.254 e. The summed E-state index contributed by atoms with van der Waals surface area (Å²) in [6, 6.07) is 8.08. The second-order valence-corrected chi connectivity index (χ2v) is 8.43. The number of carbonyl (C=O) groups excluding carboxylic acids is 2. The van der Waals surface area contributed by atoms with E-state index in [2.05, 4.69) is 10.3 Å². The third-order valence-electron chi connectivity index (χ3n) is 4.94. The zero-order valence-electron chi connectivity index (χ0n) is 15.5. The summed E-state index contributed by atoms with van der Waals surface area (Å²) in [5, 5.41) is 3.52. The minimum atomic E-state index is -0.282. The maximum atomic E-state index is 12.6. The molecule has 1 aliphatic carbocycles. The average Bonchev–Trinajstić information content (AvgIpc) is 2.83. The lowest BCUT2D eigenvalue weighted by atomic mass is 10.1. The summed E-state index contributed by atoms with van der Waals surface area (Å²) in [6.45, 7) is 4.04. The van der Waals surface area contributed by atoms with Gasteiger partial charge < -0.3 is 5.32 Å². The summed E-state index contributed by atoms with van der Waals surface area (Å²) in [7, 11) is 0. The molecule has 1 aromatic rings. The van der Waals surface area contributed by atoms with Gasteiger partial charge in [0.05, 0.1) is 10.9 Å². The molecule has 5 nitrogen and oxygen atoms in total. The maximum absolute atomic E-state index is 12.6. The number of nitrogens with one attached hydrogen (secondary N) is 1. The van der Waals surface area contributed by atoms with E-state index in [1.165, 1.54) is 37.4 Å². The van der Waals surface area contributed by atoms with E-state index in [0.29, 0.717) is 5.17 Å². The molecule has 0 unspecified atom stereocenters. The summed E-state index contributed by atoms with van der Waals surface area (Å²) >= 11 is 1.36. The Morgan fingerprint density at radius 1 is 1.19 bits per heavy atom. The van der Waals surface area contributed by atoms with Gasteiger partial charge in [0.1, 0.15) is 6.54 Å². The Labute approximate surface area is 159 Å². The molecule has 0 aromatic heterocycles. The SMILES string of the molecule is Cc1ccc(N2C(=O)CN=C2S[C@@H](C)C(=O)NC2CCCCCC2)cc1. The first-order chi connectivity index (χ1) is 12.5. The second kappa shape index (κ2) is 8.71. The highest BCUT2D eigenvalue weighted by molar-refractivity contribution is 8.15. The molecule has 1 saturated carbocycles. The summed E-state index contributed by atoms with van der Waals surface area (Å²) in [4.78, 5) is 30.8. The highest BCUT2D eigenvalue weighted by atomic mass is 32.2. The first-order valence-electron chi connectivity index (χ1n) is 9.45. The highest BCUT2D eigenvalue weighted by Gasteiger charge is 2.30. The molecule has 0 saturated heterocycles. The van der Waals surface area contributed by atoms with Gasteiger partial charge in [-0.15, -0.1) is 0 Å². The van der Waals surface area contributed by atoms with Crippen LogP contribution in [0.4, 0.5) is 5.69 Å². The van der Waals surface area contributed by atoms with Crippen molar-refractivity contribution in [1.29, 1.82) is 0 Å². The first kappa shape index (κ1) is 19.0. The van der Waals surface area contributed by atoms with Gasteiger partial charge in [0.2, 0.25) is 5.91 Å². The Bertz CT molecular complexity index is 679. The first-order valence-corrected chi connectivity index (χ1v) is 10.3. The van der Waals surface area contributed by atoms with Crippen LogP contribution in [0.15, 0.2) is 29.3 Å². The minimum Gasteiger partial charge on any atom is -0.352 e. The van der Waals surface area contributed by atoms with Crippen LogP contribution in [-0.2, 0) is 9.59 Å². The van der Waals surface area contributed by atoms with Gasteiger partial charge in [-0.25, -0.2) is 0 Å². The van der Waals surface area contributed by atoms with Gasteiger partial charge in [-0.2, -0.15) is 0 Å². The number of thioether (sulfide) groups is 1. The van der Waals surface area contributed by atoms with E-state index < -0.39 is 0 Å². The molecular formula is C20H27N3O2S. The molecule has 140 valence electrons. The standard InChI is InChI=1S/C20H27N3O2S/c1-14-9-11-17(12-10-14)23-18(24)13-21-20(23)26-15(2)19(25)22-16-7-5-3-4-6-8-16/h9-12,15-16H,3-8,13H2,1-2H3,(H,22,25)/t15-/m0/s1. The van der Waals surface area contributed by atoms with Crippen LogP contribution in [0.3, 0.4) is 0 Å². The number of aliphatic imine (C=N–C) groups is 1. The van der Waals surface area contributed by atoms with Crippen molar-refractivity contribution >= 4 is 34.4 Å². The zero-order valence-corrected chi connectivity index (χ0v) is 16.3. The molecule has 1 heterocycles. The molecule has 1 aliphatic heterocycles. The lowest BCUT2D eigenvalue weighted by molar-refractivity contribution is -0.121. The molecule has 2 amide bonds. The number of amides is 2. The van der Waals surface area contributed by atoms with Gasteiger partial charge in [0, 0.05) is 6.04 Å². The van der Waals surface area contributed by atoms with Crippen molar-refractivity contribution in [2.45, 2.75) is 63.7 Å². The lowest BCUT2D eigenvalue weighted by Crippen LogP contribution is -2.40. The van der Waals surface area contributed by atoms with Crippen LogP contribution in [0.5, 0.6) is 0 Å². The van der Waals surface area contributed by atoms with Crippen LogP contribution in [0, 0.1) is 6.92 Å². The van der Waals surface area contributed by atoms with Crippen molar-refractivity contribution in [3.05, 3.63) is 29.8 Å². The molecule has 26 heavy (non-hydrogen) atoms. The normalized spacial score (nSPS) is 19.8. The Balaban J connectivity index is 1.61. The van der Waals surface area contributed by atoms with Crippen LogP contribution < -0.4 is 10.2 Å². The van der Waals surface area contributed by atoms with E-state index in [-0.39, 0.29) is 29.7 Å². The van der Waals surface area contributed by atoms with Gasteiger partial charge in [-0.1, -0.05) is 55.1 Å². The van der Waals surface area contributed by atoms with Crippen LogP contribution >= 0.6 is 11.8 Å². The van der Waals surface area contributed by atoms with Crippen LogP contribution in [0.25, 0.3) is 0 Å². The van der Waals surface area contributed by atoms with Gasteiger partial charge >= 0.3 is 0 Å². The quantitative estimate of drug-likeness (QED) is 0.820. The van der Waals surface area contributed by atoms with Crippen molar-refractivity contribution in [3.8, 4) is 0 Å². The highest BCUT2D eigenvalue weighted by Crippen LogP contribution is 2.27. The molecule has 1 fully saturated rings. The fourth-order valence-corrected chi connectivity index (χ4v) is 4.32. The van der Waals surface area contributed by atoms with Gasteiger partial charge in [-0.05, 0) is 38.8 Å². The molecule has 0 radical (unpaired) electrons. The van der Waals surface area contributed by atoms with E-state index >= 15 is 0 Å². The van der Waals surface area contributed by atoms with Crippen LogP contribution in [0.1, 0.15) is 51.0 Å².